The van der Waals surface area contributed by atoms with Gasteiger partial charge < -0.3 is 4.74 Å². The fourth-order valence-corrected chi connectivity index (χ4v) is 3.02. The van der Waals surface area contributed by atoms with Crippen molar-refractivity contribution in [2.24, 2.45) is 5.92 Å². The number of rotatable bonds is 18. The molecule has 0 saturated carbocycles. The lowest BCUT2D eigenvalue weighted by Crippen LogP contribution is -2.05. The van der Waals surface area contributed by atoms with E-state index in [1.807, 2.05) is 0 Å². The largest absolute Gasteiger partial charge is 0.466 e. The van der Waals surface area contributed by atoms with Crippen LogP contribution >= 0.6 is 0 Å². The second-order valence-electron chi connectivity index (χ2n) is 7.75. The molecule has 0 fully saturated rings. The van der Waals surface area contributed by atoms with Crippen LogP contribution in [0.5, 0.6) is 0 Å². The molecule has 0 rings (SSSR count). The monoisotopic (exact) mass is 340 g/mol. The van der Waals surface area contributed by atoms with Crippen molar-refractivity contribution < 1.29 is 9.53 Å². The van der Waals surface area contributed by atoms with Gasteiger partial charge in [-0.1, -0.05) is 104 Å². The Morgan fingerprint density at radius 2 is 1.21 bits per heavy atom. The Morgan fingerprint density at radius 3 is 1.75 bits per heavy atom. The fraction of sp³-hybridized carbons (Fsp3) is 0.955. The standard InChI is InChI=1S/C22H44O2/c1-4-5-6-7-8-9-10-11-12-13-16-19-22(23)24-20-17-14-15-18-21(2)3/h21H,4-20H2,1-3H3. The van der Waals surface area contributed by atoms with Gasteiger partial charge in [0, 0.05) is 6.42 Å². The first kappa shape index (κ1) is 23.5. The van der Waals surface area contributed by atoms with E-state index < -0.39 is 0 Å². The Balaban J connectivity index is 3.15. The van der Waals surface area contributed by atoms with Gasteiger partial charge in [-0.2, -0.15) is 0 Å². The van der Waals surface area contributed by atoms with Crippen LogP contribution in [0.15, 0.2) is 0 Å². The molecular formula is C22H44O2. The molecule has 144 valence electrons. The van der Waals surface area contributed by atoms with E-state index in [-0.39, 0.29) is 5.97 Å². The summed E-state index contributed by atoms with van der Waals surface area (Å²) in [4.78, 5) is 11.6. The van der Waals surface area contributed by atoms with Gasteiger partial charge in [0.1, 0.15) is 0 Å². The van der Waals surface area contributed by atoms with Gasteiger partial charge in [0.15, 0.2) is 0 Å². The highest BCUT2D eigenvalue weighted by Gasteiger charge is 2.02. The predicted octanol–water partition coefficient (Wildman–Crippen LogP) is 7.45. The van der Waals surface area contributed by atoms with Crippen LogP contribution < -0.4 is 0 Å². The second kappa shape index (κ2) is 18.8. The van der Waals surface area contributed by atoms with Crippen molar-refractivity contribution in [1.82, 2.24) is 0 Å². The Hall–Kier alpha value is -0.530. The molecule has 0 aromatic rings. The summed E-state index contributed by atoms with van der Waals surface area (Å²) in [6.07, 6.45) is 19.9. The first-order valence-corrected chi connectivity index (χ1v) is 10.8. The van der Waals surface area contributed by atoms with Crippen LogP contribution in [-0.2, 0) is 9.53 Å². The zero-order chi connectivity index (χ0) is 17.9. The van der Waals surface area contributed by atoms with Gasteiger partial charge >= 0.3 is 5.97 Å². The number of esters is 1. The smallest absolute Gasteiger partial charge is 0.305 e. The van der Waals surface area contributed by atoms with Crippen molar-refractivity contribution in [2.45, 2.75) is 124 Å². The van der Waals surface area contributed by atoms with E-state index in [4.69, 9.17) is 4.74 Å². The Labute approximate surface area is 152 Å². The lowest BCUT2D eigenvalue weighted by molar-refractivity contribution is -0.143. The van der Waals surface area contributed by atoms with Gasteiger partial charge in [-0.15, -0.1) is 0 Å². The third-order valence-corrected chi connectivity index (χ3v) is 4.67. The average Bonchev–Trinajstić information content (AvgIpc) is 2.55. The highest BCUT2D eigenvalue weighted by Crippen LogP contribution is 2.12. The van der Waals surface area contributed by atoms with Gasteiger partial charge in [-0.3, -0.25) is 4.79 Å². The first-order chi connectivity index (χ1) is 11.7. The van der Waals surface area contributed by atoms with Crippen molar-refractivity contribution in [3.05, 3.63) is 0 Å². The van der Waals surface area contributed by atoms with Crippen molar-refractivity contribution in [1.29, 1.82) is 0 Å². The van der Waals surface area contributed by atoms with Gasteiger partial charge in [-0.05, 0) is 18.8 Å². The molecule has 0 spiro atoms. The van der Waals surface area contributed by atoms with E-state index in [0.717, 1.165) is 18.8 Å². The summed E-state index contributed by atoms with van der Waals surface area (Å²) in [5.41, 5.74) is 0. The van der Waals surface area contributed by atoms with Gasteiger partial charge in [0.2, 0.25) is 0 Å². The third-order valence-electron chi connectivity index (χ3n) is 4.67. The average molecular weight is 341 g/mol. The lowest BCUT2D eigenvalue weighted by atomic mass is 10.1. The van der Waals surface area contributed by atoms with E-state index in [0.29, 0.717) is 13.0 Å². The third kappa shape index (κ3) is 19.5. The molecule has 2 heteroatoms. The Kier molecular flexibility index (Phi) is 18.4. The van der Waals surface area contributed by atoms with E-state index in [2.05, 4.69) is 20.8 Å². The molecule has 0 atom stereocenters. The van der Waals surface area contributed by atoms with Crippen LogP contribution in [0, 0.1) is 5.92 Å². The summed E-state index contributed by atoms with van der Waals surface area (Å²) in [5.74, 6) is 0.795. The minimum absolute atomic E-state index is 0.00906. The van der Waals surface area contributed by atoms with E-state index in [1.54, 1.807) is 0 Å². The van der Waals surface area contributed by atoms with Crippen LogP contribution in [0.4, 0.5) is 0 Å². The molecule has 0 amide bonds. The SMILES string of the molecule is CCCCCCCCCCCCCC(=O)OCCCCCC(C)C. The summed E-state index contributed by atoms with van der Waals surface area (Å²) in [6.45, 7) is 7.40. The van der Waals surface area contributed by atoms with Crippen molar-refractivity contribution >= 4 is 5.97 Å². The molecule has 0 bridgehead atoms. The highest BCUT2D eigenvalue weighted by molar-refractivity contribution is 5.69. The summed E-state index contributed by atoms with van der Waals surface area (Å²) >= 11 is 0. The Bertz CT molecular complexity index is 261. The molecule has 0 heterocycles. The lowest BCUT2D eigenvalue weighted by Gasteiger charge is -2.06. The number of unbranched alkanes of at least 4 members (excludes halogenated alkanes) is 12. The molecular weight excluding hydrogens is 296 g/mol. The van der Waals surface area contributed by atoms with Crippen LogP contribution in [0.1, 0.15) is 124 Å². The Morgan fingerprint density at radius 1 is 0.708 bits per heavy atom. The molecule has 0 N–H and O–H groups in total. The summed E-state index contributed by atoms with van der Waals surface area (Å²) in [6, 6.07) is 0. The topological polar surface area (TPSA) is 26.3 Å². The van der Waals surface area contributed by atoms with E-state index in [9.17, 15) is 4.79 Å². The molecule has 0 aromatic carbocycles. The maximum atomic E-state index is 11.6. The number of ether oxygens (including phenoxy) is 1. The first-order valence-electron chi connectivity index (χ1n) is 10.8. The fourth-order valence-electron chi connectivity index (χ4n) is 3.02. The molecule has 0 radical (unpaired) electrons. The number of hydrogen-bond acceptors (Lipinski definition) is 2. The minimum atomic E-state index is 0.00906. The zero-order valence-electron chi connectivity index (χ0n) is 16.9. The van der Waals surface area contributed by atoms with E-state index >= 15 is 0 Å². The van der Waals surface area contributed by atoms with Gasteiger partial charge in [0.05, 0.1) is 6.61 Å². The molecule has 0 aliphatic carbocycles. The maximum absolute atomic E-state index is 11.6. The van der Waals surface area contributed by atoms with Crippen molar-refractivity contribution in [3.8, 4) is 0 Å². The molecule has 0 saturated heterocycles. The van der Waals surface area contributed by atoms with E-state index in [1.165, 1.54) is 83.5 Å². The second-order valence-corrected chi connectivity index (χ2v) is 7.75. The quantitative estimate of drug-likeness (QED) is 0.191. The van der Waals surface area contributed by atoms with Crippen LogP contribution in [-0.4, -0.2) is 12.6 Å². The number of carbonyl (C=O) groups is 1. The highest BCUT2D eigenvalue weighted by atomic mass is 16.5. The summed E-state index contributed by atoms with van der Waals surface area (Å²) < 4.78 is 5.30. The number of hydrogen-bond donors (Lipinski definition) is 0. The minimum Gasteiger partial charge on any atom is -0.466 e. The molecule has 0 aliphatic rings. The molecule has 0 aromatic heterocycles. The van der Waals surface area contributed by atoms with Crippen molar-refractivity contribution in [2.75, 3.05) is 6.61 Å². The molecule has 0 unspecified atom stereocenters. The zero-order valence-corrected chi connectivity index (χ0v) is 16.9. The van der Waals surface area contributed by atoms with Crippen LogP contribution in [0.25, 0.3) is 0 Å². The predicted molar refractivity (Wildman–Crippen MR) is 105 cm³/mol. The van der Waals surface area contributed by atoms with Gasteiger partial charge in [-0.25, -0.2) is 0 Å². The molecule has 2 nitrogen and oxygen atoms in total. The van der Waals surface area contributed by atoms with Crippen molar-refractivity contribution in [3.63, 3.8) is 0 Å². The summed E-state index contributed by atoms with van der Waals surface area (Å²) in [7, 11) is 0. The van der Waals surface area contributed by atoms with Gasteiger partial charge in [0.25, 0.3) is 0 Å². The molecule has 24 heavy (non-hydrogen) atoms. The summed E-state index contributed by atoms with van der Waals surface area (Å²) in [5, 5.41) is 0. The molecule has 0 aliphatic heterocycles. The van der Waals surface area contributed by atoms with Crippen LogP contribution in [0.3, 0.4) is 0 Å². The maximum Gasteiger partial charge on any atom is 0.305 e. The van der Waals surface area contributed by atoms with Crippen LogP contribution in [0.2, 0.25) is 0 Å². The normalized spacial score (nSPS) is 11.2. The number of carbonyl (C=O) groups excluding carboxylic acids is 1.